The van der Waals surface area contributed by atoms with Gasteiger partial charge < -0.3 is 14.5 Å². The second-order valence-corrected chi connectivity index (χ2v) is 9.08. The lowest BCUT2D eigenvalue weighted by molar-refractivity contribution is -0.133. The Morgan fingerprint density at radius 1 is 1.12 bits per heavy atom. The molecule has 0 spiro atoms. The Kier molecular flexibility index (Phi) is 5.50. The normalized spacial score (nSPS) is 22.3. The molecule has 0 saturated carbocycles. The van der Waals surface area contributed by atoms with Crippen molar-refractivity contribution in [3.8, 4) is 5.75 Å². The van der Waals surface area contributed by atoms with Gasteiger partial charge in [-0.1, -0.05) is 12.1 Å². The zero-order valence-electron chi connectivity index (χ0n) is 14.9. The van der Waals surface area contributed by atoms with Gasteiger partial charge >= 0.3 is 0 Å². The smallest absolute Gasteiger partial charge is 0.257 e. The zero-order valence-corrected chi connectivity index (χ0v) is 15.7. The number of hydrogen-bond acceptors (Lipinski definition) is 5. The third kappa shape index (κ3) is 4.17. The van der Waals surface area contributed by atoms with E-state index in [2.05, 4.69) is 0 Å². The molecule has 2 aliphatic rings. The van der Waals surface area contributed by atoms with Crippen molar-refractivity contribution in [2.45, 2.75) is 12.8 Å². The molecular formula is C18H24N2O5S. The van der Waals surface area contributed by atoms with Crippen LogP contribution in [0.15, 0.2) is 24.3 Å². The van der Waals surface area contributed by atoms with Crippen LogP contribution in [0.1, 0.15) is 23.2 Å². The van der Waals surface area contributed by atoms with Crippen LogP contribution >= 0.6 is 0 Å². The minimum absolute atomic E-state index is 0.0171. The van der Waals surface area contributed by atoms with Gasteiger partial charge in [-0.25, -0.2) is 8.42 Å². The molecule has 1 atom stereocenters. The van der Waals surface area contributed by atoms with Gasteiger partial charge in [-0.15, -0.1) is 0 Å². The summed E-state index contributed by atoms with van der Waals surface area (Å²) >= 11 is 0. The first-order valence-electron chi connectivity index (χ1n) is 8.80. The number of para-hydroxylation sites is 1. The number of carbonyl (C=O) groups excluding carboxylic acids is 2. The third-order valence-electron chi connectivity index (χ3n) is 5.05. The number of piperazine rings is 1. The van der Waals surface area contributed by atoms with Crippen molar-refractivity contribution >= 4 is 21.7 Å². The van der Waals surface area contributed by atoms with Crippen molar-refractivity contribution in [3.63, 3.8) is 0 Å². The average Bonchev–Trinajstić information content (AvgIpc) is 2.99. The molecule has 2 saturated heterocycles. The number of hydrogen-bond donors (Lipinski definition) is 0. The van der Waals surface area contributed by atoms with Crippen LogP contribution in [0.2, 0.25) is 0 Å². The maximum Gasteiger partial charge on any atom is 0.257 e. The van der Waals surface area contributed by atoms with E-state index in [1.165, 1.54) is 7.11 Å². The van der Waals surface area contributed by atoms with Crippen LogP contribution in [0.25, 0.3) is 0 Å². The van der Waals surface area contributed by atoms with E-state index in [9.17, 15) is 18.0 Å². The van der Waals surface area contributed by atoms with Crippen molar-refractivity contribution in [1.82, 2.24) is 9.80 Å². The lowest BCUT2D eigenvalue weighted by Crippen LogP contribution is -2.50. The van der Waals surface area contributed by atoms with Crippen LogP contribution < -0.4 is 4.74 Å². The van der Waals surface area contributed by atoms with E-state index in [0.717, 1.165) is 0 Å². The van der Waals surface area contributed by atoms with Gasteiger partial charge in [0.25, 0.3) is 5.91 Å². The predicted molar refractivity (Wildman–Crippen MR) is 96.9 cm³/mol. The molecule has 1 aromatic carbocycles. The molecule has 26 heavy (non-hydrogen) atoms. The molecule has 142 valence electrons. The molecule has 0 aliphatic carbocycles. The van der Waals surface area contributed by atoms with E-state index in [0.29, 0.717) is 43.9 Å². The molecule has 2 aliphatic heterocycles. The minimum atomic E-state index is -2.96. The number of methoxy groups -OCH3 is 1. The Morgan fingerprint density at radius 2 is 1.77 bits per heavy atom. The van der Waals surface area contributed by atoms with Crippen molar-refractivity contribution < 1.29 is 22.7 Å². The van der Waals surface area contributed by atoms with Gasteiger partial charge in [-0.2, -0.15) is 0 Å². The number of rotatable bonds is 4. The highest BCUT2D eigenvalue weighted by Crippen LogP contribution is 2.23. The number of amides is 2. The second-order valence-electron chi connectivity index (χ2n) is 6.85. The Hall–Kier alpha value is -2.09. The molecule has 0 N–H and O–H groups in total. The molecule has 7 nitrogen and oxygen atoms in total. The topological polar surface area (TPSA) is 84.0 Å². The number of nitrogens with zero attached hydrogens (tertiary/aromatic N) is 2. The number of benzene rings is 1. The van der Waals surface area contributed by atoms with Gasteiger partial charge in [0.15, 0.2) is 9.84 Å². The Morgan fingerprint density at radius 3 is 2.38 bits per heavy atom. The fourth-order valence-corrected chi connectivity index (χ4v) is 5.42. The summed E-state index contributed by atoms with van der Waals surface area (Å²) in [6.45, 7) is 1.87. The highest BCUT2D eigenvalue weighted by molar-refractivity contribution is 7.91. The molecule has 2 heterocycles. The maximum atomic E-state index is 12.7. The SMILES string of the molecule is COc1ccccc1C(=O)N1CCN(C(=O)CC2CCS(=O)(=O)C2)CC1. The summed E-state index contributed by atoms with van der Waals surface area (Å²) < 4.78 is 28.3. The molecule has 2 amide bonds. The lowest BCUT2D eigenvalue weighted by Gasteiger charge is -2.35. The first kappa shape index (κ1) is 18.7. The Balaban J connectivity index is 1.54. The number of carbonyl (C=O) groups is 2. The second kappa shape index (κ2) is 7.65. The summed E-state index contributed by atoms with van der Waals surface area (Å²) in [4.78, 5) is 28.6. The maximum absolute atomic E-state index is 12.7. The van der Waals surface area contributed by atoms with E-state index in [1.54, 1.807) is 28.0 Å². The summed E-state index contributed by atoms with van der Waals surface area (Å²) in [5.41, 5.74) is 0.519. The fraction of sp³-hybridized carbons (Fsp3) is 0.556. The molecule has 0 radical (unpaired) electrons. The van der Waals surface area contributed by atoms with Crippen LogP contribution in [-0.4, -0.2) is 74.8 Å². The summed E-state index contributed by atoms with van der Waals surface area (Å²) in [5, 5.41) is 0. The molecule has 8 heteroatoms. The Bertz CT molecular complexity index is 785. The van der Waals surface area contributed by atoms with Crippen molar-refractivity contribution in [2.24, 2.45) is 5.92 Å². The van der Waals surface area contributed by atoms with E-state index in [-0.39, 0.29) is 35.7 Å². The first-order chi connectivity index (χ1) is 12.4. The summed E-state index contributed by atoms with van der Waals surface area (Å²) in [6.07, 6.45) is 0.847. The molecule has 1 aromatic rings. The van der Waals surface area contributed by atoms with E-state index in [4.69, 9.17) is 4.74 Å². The number of sulfone groups is 1. The highest BCUT2D eigenvalue weighted by atomic mass is 32.2. The molecule has 3 rings (SSSR count). The fourth-order valence-electron chi connectivity index (χ4n) is 3.56. The van der Waals surface area contributed by atoms with Gasteiger partial charge in [0.05, 0.1) is 24.2 Å². The van der Waals surface area contributed by atoms with Crippen molar-refractivity contribution in [1.29, 1.82) is 0 Å². The van der Waals surface area contributed by atoms with Gasteiger partial charge in [-0.3, -0.25) is 9.59 Å². The highest BCUT2D eigenvalue weighted by Gasteiger charge is 2.32. The van der Waals surface area contributed by atoms with Crippen LogP contribution in [0.5, 0.6) is 5.75 Å². The summed E-state index contributed by atoms with van der Waals surface area (Å²) in [6, 6.07) is 7.10. The number of ether oxygens (including phenoxy) is 1. The van der Waals surface area contributed by atoms with Crippen LogP contribution in [0, 0.1) is 5.92 Å². The van der Waals surface area contributed by atoms with E-state index in [1.807, 2.05) is 6.07 Å². The third-order valence-corrected chi connectivity index (χ3v) is 6.88. The van der Waals surface area contributed by atoms with E-state index < -0.39 is 9.84 Å². The van der Waals surface area contributed by atoms with E-state index >= 15 is 0 Å². The summed E-state index contributed by atoms with van der Waals surface area (Å²) in [5.74, 6) is 0.657. The van der Waals surface area contributed by atoms with Crippen molar-refractivity contribution in [3.05, 3.63) is 29.8 Å². The summed E-state index contributed by atoms with van der Waals surface area (Å²) in [7, 11) is -1.43. The average molecular weight is 380 g/mol. The van der Waals surface area contributed by atoms with Gasteiger partial charge in [-0.05, 0) is 24.5 Å². The monoisotopic (exact) mass is 380 g/mol. The lowest BCUT2D eigenvalue weighted by atomic mass is 10.0. The van der Waals surface area contributed by atoms with Gasteiger partial charge in [0.2, 0.25) is 5.91 Å². The molecular weight excluding hydrogens is 356 g/mol. The van der Waals surface area contributed by atoms with Gasteiger partial charge in [0.1, 0.15) is 5.75 Å². The van der Waals surface area contributed by atoms with Crippen molar-refractivity contribution in [2.75, 3.05) is 44.8 Å². The van der Waals surface area contributed by atoms with Crippen LogP contribution in [0.4, 0.5) is 0 Å². The van der Waals surface area contributed by atoms with Crippen LogP contribution in [-0.2, 0) is 14.6 Å². The molecule has 0 bridgehead atoms. The quantitative estimate of drug-likeness (QED) is 0.772. The molecule has 2 fully saturated rings. The minimum Gasteiger partial charge on any atom is -0.496 e. The van der Waals surface area contributed by atoms with Crippen LogP contribution in [0.3, 0.4) is 0 Å². The zero-order chi connectivity index (χ0) is 18.7. The first-order valence-corrected chi connectivity index (χ1v) is 10.6. The predicted octanol–water partition coefficient (Wildman–Crippen LogP) is 0.804. The largest absolute Gasteiger partial charge is 0.496 e. The Labute approximate surface area is 153 Å². The standard InChI is InChI=1S/C18H24N2O5S/c1-25-16-5-3-2-4-15(16)18(22)20-9-7-19(8-10-20)17(21)12-14-6-11-26(23,24)13-14/h2-5,14H,6-13H2,1H3. The van der Waals surface area contributed by atoms with Gasteiger partial charge in [0, 0.05) is 32.6 Å². The molecule has 1 unspecified atom stereocenters. The molecule has 0 aromatic heterocycles.